The number of rotatable bonds is 5. The Kier molecular flexibility index (Phi) is 5.89. The van der Waals surface area contributed by atoms with E-state index in [4.69, 9.17) is 4.74 Å². The number of hydrogen-bond acceptors (Lipinski definition) is 7. The van der Waals surface area contributed by atoms with Gasteiger partial charge in [0, 0.05) is 18.2 Å². The first-order chi connectivity index (χ1) is 11.3. The van der Waals surface area contributed by atoms with Crippen molar-refractivity contribution in [3.8, 4) is 0 Å². The second-order valence-corrected chi connectivity index (χ2v) is 5.77. The summed E-state index contributed by atoms with van der Waals surface area (Å²) in [5.74, 6) is -0.507. The monoisotopic (exact) mass is 338 g/mol. The number of carbonyl (C=O) groups is 2. The van der Waals surface area contributed by atoms with Gasteiger partial charge in [0.05, 0.1) is 6.61 Å². The van der Waals surface area contributed by atoms with Crippen molar-refractivity contribution in [2.75, 3.05) is 11.9 Å². The van der Waals surface area contributed by atoms with E-state index in [2.05, 4.69) is 10.6 Å². The van der Waals surface area contributed by atoms with E-state index in [1.165, 1.54) is 13.8 Å². The Morgan fingerprint density at radius 3 is 2.50 bits per heavy atom. The zero-order valence-corrected chi connectivity index (χ0v) is 13.5. The highest BCUT2D eigenvalue weighted by atomic mass is 16.5. The van der Waals surface area contributed by atoms with Crippen molar-refractivity contribution in [3.63, 3.8) is 0 Å². The van der Waals surface area contributed by atoms with Crippen LogP contribution in [0.5, 0.6) is 0 Å². The zero-order chi connectivity index (χ0) is 17.9. The zero-order valence-electron chi connectivity index (χ0n) is 13.5. The van der Waals surface area contributed by atoms with Gasteiger partial charge in [0.1, 0.15) is 24.4 Å². The lowest BCUT2D eigenvalue weighted by atomic mass is 9.95. The van der Waals surface area contributed by atoms with E-state index in [9.17, 15) is 24.9 Å². The van der Waals surface area contributed by atoms with Gasteiger partial charge in [-0.3, -0.25) is 9.59 Å². The molecule has 0 aliphatic carbocycles. The molecule has 1 aliphatic rings. The van der Waals surface area contributed by atoms with Gasteiger partial charge in [0.25, 0.3) is 0 Å². The van der Waals surface area contributed by atoms with Gasteiger partial charge in [-0.2, -0.15) is 0 Å². The minimum absolute atomic E-state index is 0.106. The molecule has 1 aromatic carbocycles. The highest BCUT2D eigenvalue weighted by Crippen LogP contribution is 2.23. The van der Waals surface area contributed by atoms with E-state index in [1.807, 2.05) is 0 Å². The summed E-state index contributed by atoms with van der Waals surface area (Å²) in [4.78, 5) is 22.8. The molecule has 1 amide bonds. The number of ketones is 1. The fourth-order valence-electron chi connectivity index (χ4n) is 2.63. The van der Waals surface area contributed by atoms with Gasteiger partial charge in [-0.25, -0.2) is 0 Å². The Bertz CT molecular complexity index is 608. The van der Waals surface area contributed by atoms with Crippen LogP contribution in [0.2, 0.25) is 0 Å². The van der Waals surface area contributed by atoms with Crippen LogP contribution in [0.1, 0.15) is 24.2 Å². The Labute approximate surface area is 139 Å². The molecule has 1 aliphatic heterocycles. The number of aliphatic hydroxyl groups is 3. The lowest BCUT2D eigenvalue weighted by Crippen LogP contribution is -2.65. The summed E-state index contributed by atoms with van der Waals surface area (Å²) in [7, 11) is 0. The molecule has 1 saturated heterocycles. The fourth-order valence-corrected chi connectivity index (χ4v) is 2.63. The minimum Gasteiger partial charge on any atom is -0.394 e. The summed E-state index contributed by atoms with van der Waals surface area (Å²) in [6, 6.07) is 5.73. The van der Waals surface area contributed by atoms with Crippen molar-refractivity contribution >= 4 is 17.4 Å². The van der Waals surface area contributed by atoms with Gasteiger partial charge in [-0.15, -0.1) is 0 Å². The first-order valence-corrected chi connectivity index (χ1v) is 7.60. The van der Waals surface area contributed by atoms with Crippen LogP contribution in [0.4, 0.5) is 5.69 Å². The molecule has 1 aromatic rings. The summed E-state index contributed by atoms with van der Waals surface area (Å²) < 4.78 is 5.57. The molecule has 5 atom stereocenters. The lowest BCUT2D eigenvalue weighted by Gasteiger charge is -2.43. The van der Waals surface area contributed by atoms with Crippen molar-refractivity contribution in [3.05, 3.63) is 29.8 Å². The topological polar surface area (TPSA) is 128 Å². The molecule has 132 valence electrons. The highest BCUT2D eigenvalue weighted by molar-refractivity contribution is 5.94. The molecule has 24 heavy (non-hydrogen) atoms. The van der Waals surface area contributed by atoms with Crippen molar-refractivity contribution in [1.29, 1.82) is 0 Å². The maximum absolute atomic E-state index is 11.5. The fraction of sp³-hybridized carbons (Fsp3) is 0.500. The normalized spacial score (nSPS) is 29.8. The highest BCUT2D eigenvalue weighted by Gasteiger charge is 2.44. The van der Waals surface area contributed by atoms with E-state index in [0.29, 0.717) is 11.3 Å². The van der Waals surface area contributed by atoms with Gasteiger partial charge in [-0.05, 0) is 19.1 Å². The van der Waals surface area contributed by atoms with Crippen LogP contribution in [-0.4, -0.2) is 64.2 Å². The second-order valence-electron chi connectivity index (χ2n) is 5.77. The van der Waals surface area contributed by atoms with Crippen LogP contribution < -0.4 is 10.6 Å². The Morgan fingerprint density at radius 2 is 1.92 bits per heavy atom. The first-order valence-electron chi connectivity index (χ1n) is 7.60. The number of hydrogen-bond donors (Lipinski definition) is 5. The Balaban J connectivity index is 2.24. The van der Waals surface area contributed by atoms with E-state index in [-0.39, 0.29) is 5.78 Å². The number of amides is 1. The molecule has 0 spiro atoms. The maximum atomic E-state index is 11.5. The van der Waals surface area contributed by atoms with E-state index in [1.54, 1.807) is 24.3 Å². The Morgan fingerprint density at radius 1 is 1.21 bits per heavy atom. The summed E-state index contributed by atoms with van der Waals surface area (Å²) >= 11 is 0. The SMILES string of the molecule is CC(=O)NC1C(Nc2cccc(C(C)=O)c2)OC(CO)C(O)C1O. The molecule has 0 aromatic heterocycles. The molecule has 1 fully saturated rings. The smallest absolute Gasteiger partial charge is 0.217 e. The predicted molar refractivity (Wildman–Crippen MR) is 85.4 cm³/mol. The Hall–Kier alpha value is -2.00. The van der Waals surface area contributed by atoms with Crippen molar-refractivity contribution < 1.29 is 29.6 Å². The van der Waals surface area contributed by atoms with Gasteiger partial charge >= 0.3 is 0 Å². The number of aliphatic hydroxyl groups excluding tert-OH is 3. The molecular weight excluding hydrogens is 316 g/mol. The van der Waals surface area contributed by atoms with E-state index < -0.39 is 43.1 Å². The van der Waals surface area contributed by atoms with Gasteiger partial charge in [0.15, 0.2) is 12.0 Å². The number of nitrogens with one attached hydrogen (secondary N) is 2. The number of carbonyl (C=O) groups excluding carboxylic acids is 2. The van der Waals surface area contributed by atoms with Crippen molar-refractivity contribution in [2.45, 2.75) is 44.4 Å². The van der Waals surface area contributed by atoms with E-state index in [0.717, 1.165) is 0 Å². The third kappa shape index (κ3) is 4.09. The molecule has 8 nitrogen and oxygen atoms in total. The maximum Gasteiger partial charge on any atom is 0.217 e. The molecule has 0 saturated carbocycles. The average Bonchev–Trinajstić information content (AvgIpc) is 2.54. The van der Waals surface area contributed by atoms with Crippen LogP contribution in [0.3, 0.4) is 0 Å². The molecule has 5 unspecified atom stereocenters. The number of benzene rings is 1. The molecule has 1 heterocycles. The van der Waals surface area contributed by atoms with Gasteiger partial charge in [0.2, 0.25) is 5.91 Å². The summed E-state index contributed by atoms with van der Waals surface area (Å²) in [6.07, 6.45) is -4.56. The molecule has 8 heteroatoms. The summed E-state index contributed by atoms with van der Waals surface area (Å²) in [5.41, 5.74) is 1.04. The largest absolute Gasteiger partial charge is 0.394 e. The minimum atomic E-state index is -1.34. The van der Waals surface area contributed by atoms with Crippen LogP contribution in [0, 0.1) is 0 Å². The van der Waals surface area contributed by atoms with Crippen LogP contribution >= 0.6 is 0 Å². The summed E-state index contributed by atoms with van der Waals surface area (Å²) in [5, 5.41) is 35.0. The molecule has 0 bridgehead atoms. The number of anilines is 1. The van der Waals surface area contributed by atoms with Crippen LogP contribution in [0.25, 0.3) is 0 Å². The van der Waals surface area contributed by atoms with Crippen LogP contribution in [-0.2, 0) is 9.53 Å². The second kappa shape index (κ2) is 7.71. The van der Waals surface area contributed by atoms with Crippen LogP contribution in [0.15, 0.2) is 24.3 Å². The standard InChI is InChI=1S/C16H22N2O6/c1-8(20)10-4-3-5-11(6-10)18-16-13(17-9(2)21)15(23)14(22)12(7-19)24-16/h3-6,12-16,18-19,22-23H,7H2,1-2H3,(H,17,21). The molecule has 2 rings (SSSR count). The third-order valence-corrected chi connectivity index (χ3v) is 3.87. The quantitative estimate of drug-likeness (QED) is 0.447. The third-order valence-electron chi connectivity index (χ3n) is 3.87. The average molecular weight is 338 g/mol. The summed E-state index contributed by atoms with van der Waals surface area (Å²) in [6.45, 7) is 2.24. The molecule has 5 N–H and O–H groups in total. The van der Waals surface area contributed by atoms with Crippen molar-refractivity contribution in [2.24, 2.45) is 0 Å². The van der Waals surface area contributed by atoms with Gasteiger partial charge in [-0.1, -0.05) is 12.1 Å². The lowest BCUT2D eigenvalue weighted by molar-refractivity contribution is -0.188. The molecular formula is C16H22N2O6. The van der Waals surface area contributed by atoms with Gasteiger partial charge < -0.3 is 30.7 Å². The number of ether oxygens (including phenoxy) is 1. The molecule has 0 radical (unpaired) electrons. The first kappa shape index (κ1) is 18.3. The number of Topliss-reactive ketones (excluding diaryl/α,β-unsaturated/α-hetero) is 1. The van der Waals surface area contributed by atoms with E-state index >= 15 is 0 Å². The predicted octanol–water partition coefficient (Wildman–Crippen LogP) is -0.755. The van der Waals surface area contributed by atoms with Crippen molar-refractivity contribution in [1.82, 2.24) is 5.32 Å².